The number of hydrogen-bond donors (Lipinski definition) is 2. The number of amides is 1. The summed E-state index contributed by atoms with van der Waals surface area (Å²) in [6.45, 7) is 3.95. The van der Waals surface area contributed by atoms with Gasteiger partial charge < -0.3 is 11.1 Å². The highest BCUT2D eigenvalue weighted by atomic mass is 16.6. The van der Waals surface area contributed by atoms with Crippen LogP contribution in [-0.4, -0.2) is 17.4 Å². The first-order valence-electron chi connectivity index (χ1n) is 7.12. The second kappa shape index (κ2) is 5.81. The van der Waals surface area contributed by atoms with Gasteiger partial charge >= 0.3 is 0 Å². The Labute approximate surface area is 123 Å². The van der Waals surface area contributed by atoms with Crippen molar-refractivity contribution in [1.29, 1.82) is 0 Å². The molecule has 0 radical (unpaired) electrons. The minimum absolute atomic E-state index is 0.0478. The number of carbonyl (C=O) groups is 1. The lowest BCUT2D eigenvalue weighted by Crippen LogP contribution is -2.40. The molecule has 0 aromatic heterocycles. The lowest BCUT2D eigenvalue weighted by Gasteiger charge is -2.40. The first-order chi connectivity index (χ1) is 9.87. The molecule has 0 unspecified atom stereocenters. The summed E-state index contributed by atoms with van der Waals surface area (Å²) in [7, 11) is 0. The van der Waals surface area contributed by atoms with E-state index >= 15 is 0 Å². The molecule has 6 heteroatoms. The number of hydrogen-bond acceptors (Lipinski definition) is 4. The van der Waals surface area contributed by atoms with E-state index in [1.807, 2.05) is 0 Å². The normalized spacial score (nSPS) is 16.1. The van der Waals surface area contributed by atoms with Crippen LogP contribution < -0.4 is 11.1 Å². The van der Waals surface area contributed by atoms with E-state index in [9.17, 15) is 14.9 Å². The van der Waals surface area contributed by atoms with Crippen LogP contribution in [0, 0.1) is 29.4 Å². The Bertz CT molecular complexity index is 574. The second-order valence-corrected chi connectivity index (χ2v) is 5.99. The summed E-state index contributed by atoms with van der Waals surface area (Å²) >= 11 is 0. The molecular weight excluding hydrogens is 270 g/mol. The van der Waals surface area contributed by atoms with Crippen molar-refractivity contribution in [3.63, 3.8) is 0 Å². The van der Waals surface area contributed by atoms with Crippen molar-refractivity contribution >= 4 is 17.3 Å². The van der Waals surface area contributed by atoms with E-state index in [-0.39, 0.29) is 17.0 Å². The standard InChI is InChI=1S/C15H21N3O3/c1-10-7-13(18(20)21)11(2)6-12(10)17-14(19)8-15(9-16)4-3-5-15/h6-7H,3-5,8-9,16H2,1-2H3,(H,17,19). The van der Waals surface area contributed by atoms with Crippen LogP contribution in [0.1, 0.15) is 36.8 Å². The molecule has 1 aliphatic carbocycles. The molecule has 0 spiro atoms. The summed E-state index contributed by atoms with van der Waals surface area (Å²) in [5.41, 5.74) is 7.65. The lowest BCUT2D eigenvalue weighted by atomic mass is 9.66. The van der Waals surface area contributed by atoms with Crippen LogP contribution in [0.5, 0.6) is 0 Å². The number of nitrogens with two attached hydrogens (primary N) is 1. The van der Waals surface area contributed by atoms with Gasteiger partial charge in [-0.25, -0.2) is 0 Å². The molecule has 3 N–H and O–H groups in total. The van der Waals surface area contributed by atoms with Gasteiger partial charge in [-0.1, -0.05) is 6.42 Å². The van der Waals surface area contributed by atoms with E-state index in [1.165, 1.54) is 6.07 Å². The van der Waals surface area contributed by atoms with Gasteiger partial charge in [0.2, 0.25) is 5.91 Å². The number of nitrogens with one attached hydrogen (secondary N) is 1. The Morgan fingerprint density at radius 2 is 2.05 bits per heavy atom. The Kier molecular flexibility index (Phi) is 4.27. The number of nitro benzene ring substituents is 1. The molecule has 0 bridgehead atoms. The van der Waals surface area contributed by atoms with Crippen molar-refractivity contribution in [2.75, 3.05) is 11.9 Å². The van der Waals surface area contributed by atoms with Crippen LogP contribution in [0.15, 0.2) is 12.1 Å². The molecule has 0 aliphatic heterocycles. The summed E-state index contributed by atoms with van der Waals surface area (Å²) in [5, 5.41) is 13.7. The van der Waals surface area contributed by atoms with Gasteiger partial charge in [0.1, 0.15) is 0 Å². The van der Waals surface area contributed by atoms with E-state index in [0.29, 0.717) is 29.8 Å². The summed E-state index contributed by atoms with van der Waals surface area (Å²) < 4.78 is 0. The van der Waals surface area contributed by atoms with Gasteiger partial charge in [-0.3, -0.25) is 14.9 Å². The van der Waals surface area contributed by atoms with Gasteiger partial charge in [0.25, 0.3) is 5.69 Å². The molecule has 0 atom stereocenters. The lowest BCUT2D eigenvalue weighted by molar-refractivity contribution is -0.385. The minimum atomic E-state index is -0.411. The minimum Gasteiger partial charge on any atom is -0.330 e. The SMILES string of the molecule is Cc1cc([N+](=O)[O-])c(C)cc1NC(=O)CC1(CN)CCC1. The average Bonchev–Trinajstić information content (AvgIpc) is 2.37. The third-order valence-electron chi connectivity index (χ3n) is 4.40. The Balaban J connectivity index is 2.11. The van der Waals surface area contributed by atoms with E-state index in [0.717, 1.165) is 19.3 Å². The van der Waals surface area contributed by atoms with E-state index in [2.05, 4.69) is 5.32 Å². The highest BCUT2D eigenvalue weighted by Crippen LogP contribution is 2.43. The fourth-order valence-corrected chi connectivity index (χ4v) is 2.80. The molecule has 2 rings (SSSR count). The summed E-state index contributed by atoms with van der Waals surface area (Å²) in [4.78, 5) is 22.6. The third kappa shape index (κ3) is 3.21. The van der Waals surface area contributed by atoms with Gasteiger partial charge in [-0.05, 0) is 50.3 Å². The van der Waals surface area contributed by atoms with Crippen molar-refractivity contribution in [2.24, 2.45) is 11.1 Å². The van der Waals surface area contributed by atoms with Crippen molar-refractivity contribution in [2.45, 2.75) is 39.5 Å². The smallest absolute Gasteiger partial charge is 0.272 e. The molecule has 1 saturated carbocycles. The number of benzene rings is 1. The van der Waals surface area contributed by atoms with E-state index in [1.54, 1.807) is 19.9 Å². The van der Waals surface area contributed by atoms with Gasteiger partial charge in [0.15, 0.2) is 0 Å². The maximum Gasteiger partial charge on any atom is 0.272 e. The van der Waals surface area contributed by atoms with E-state index in [4.69, 9.17) is 5.73 Å². The number of aryl methyl sites for hydroxylation is 2. The topological polar surface area (TPSA) is 98.3 Å². The molecule has 1 amide bonds. The highest BCUT2D eigenvalue weighted by molar-refractivity contribution is 5.92. The molecule has 1 aliphatic rings. The monoisotopic (exact) mass is 291 g/mol. The molecule has 0 heterocycles. The van der Waals surface area contributed by atoms with Crippen LogP contribution in [-0.2, 0) is 4.79 Å². The summed E-state index contributed by atoms with van der Waals surface area (Å²) in [6, 6.07) is 3.15. The maximum absolute atomic E-state index is 12.2. The Hall–Kier alpha value is -1.95. The van der Waals surface area contributed by atoms with Gasteiger partial charge in [-0.15, -0.1) is 0 Å². The predicted molar refractivity (Wildman–Crippen MR) is 81.2 cm³/mol. The van der Waals surface area contributed by atoms with Gasteiger partial charge in [0, 0.05) is 23.7 Å². The van der Waals surface area contributed by atoms with E-state index < -0.39 is 4.92 Å². The average molecular weight is 291 g/mol. The Morgan fingerprint density at radius 3 is 2.52 bits per heavy atom. The number of rotatable bonds is 5. The zero-order valence-electron chi connectivity index (χ0n) is 12.4. The zero-order valence-corrected chi connectivity index (χ0v) is 12.4. The third-order valence-corrected chi connectivity index (χ3v) is 4.40. The molecule has 0 saturated heterocycles. The summed E-state index contributed by atoms with van der Waals surface area (Å²) in [6.07, 6.45) is 3.53. The van der Waals surface area contributed by atoms with Crippen molar-refractivity contribution < 1.29 is 9.72 Å². The van der Waals surface area contributed by atoms with Crippen LogP contribution in [0.3, 0.4) is 0 Å². The molecule has 1 aromatic rings. The first kappa shape index (κ1) is 15.4. The molecule has 1 aromatic carbocycles. The molecule has 1 fully saturated rings. The number of carbonyl (C=O) groups excluding carboxylic acids is 1. The fourth-order valence-electron chi connectivity index (χ4n) is 2.80. The van der Waals surface area contributed by atoms with Gasteiger partial charge in [0.05, 0.1) is 4.92 Å². The summed E-state index contributed by atoms with van der Waals surface area (Å²) in [5.74, 6) is -0.0727. The van der Waals surface area contributed by atoms with Crippen LogP contribution in [0.2, 0.25) is 0 Å². The van der Waals surface area contributed by atoms with Crippen LogP contribution >= 0.6 is 0 Å². The fraction of sp³-hybridized carbons (Fsp3) is 0.533. The second-order valence-electron chi connectivity index (χ2n) is 5.99. The van der Waals surface area contributed by atoms with Crippen LogP contribution in [0.25, 0.3) is 0 Å². The predicted octanol–water partition coefficient (Wildman–Crippen LogP) is 2.67. The first-order valence-corrected chi connectivity index (χ1v) is 7.12. The molecule has 114 valence electrons. The quantitative estimate of drug-likeness (QED) is 0.643. The molecule has 21 heavy (non-hydrogen) atoms. The molecular formula is C15H21N3O3. The van der Waals surface area contributed by atoms with Crippen molar-refractivity contribution in [1.82, 2.24) is 0 Å². The van der Waals surface area contributed by atoms with Crippen molar-refractivity contribution in [3.8, 4) is 0 Å². The van der Waals surface area contributed by atoms with Gasteiger partial charge in [-0.2, -0.15) is 0 Å². The van der Waals surface area contributed by atoms with Crippen molar-refractivity contribution in [3.05, 3.63) is 33.4 Å². The zero-order chi connectivity index (χ0) is 15.6. The Morgan fingerprint density at radius 1 is 1.38 bits per heavy atom. The largest absolute Gasteiger partial charge is 0.330 e. The number of nitrogens with zero attached hydrogens (tertiary/aromatic N) is 1. The maximum atomic E-state index is 12.2. The number of anilines is 1. The number of nitro groups is 1. The molecule has 6 nitrogen and oxygen atoms in total. The van der Waals surface area contributed by atoms with Crippen LogP contribution in [0.4, 0.5) is 11.4 Å². The highest BCUT2D eigenvalue weighted by Gasteiger charge is 2.37.